The van der Waals surface area contributed by atoms with Gasteiger partial charge in [-0.15, -0.1) is 34.0 Å². The number of aromatic nitrogens is 6. The molecule has 0 radical (unpaired) electrons. The Hall–Kier alpha value is -13.8. The summed E-state index contributed by atoms with van der Waals surface area (Å²) in [7, 11) is 0. The number of thiophene rings is 3. The molecule has 0 saturated heterocycles. The Morgan fingerprint density at radius 3 is 1.05 bits per heavy atom. The zero-order chi connectivity index (χ0) is 72.3. The molecule has 0 N–H and O–H groups in total. The zero-order valence-corrected chi connectivity index (χ0v) is 61.7. The summed E-state index contributed by atoms with van der Waals surface area (Å²) < 4.78 is 11.1. The Labute approximate surface area is 644 Å². The van der Waals surface area contributed by atoms with Crippen LogP contribution in [0.4, 0.5) is 0 Å². The Balaban J connectivity index is 0.000000126. The molecule has 9 heteroatoms. The number of benzene rings is 19. The Morgan fingerprint density at radius 1 is 0.198 bits per heavy atom. The summed E-state index contributed by atoms with van der Waals surface area (Å²) in [6.45, 7) is 0. The number of nitrogens with zero attached hydrogens (tertiary/aromatic N) is 6. The monoisotopic (exact) mass is 1460 g/mol. The molecule has 0 fully saturated rings. The van der Waals surface area contributed by atoms with Gasteiger partial charge in [0.1, 0.15) is 21.7 Å². The summed E-state index contributed by atoms with van der Waals surface area (Å²) in [6.07, 6.45) is 0. The van der Waals surface area contributed by atoms with Crippen molar-refractivity contribution >= 4 is 246 Å². The van der Waals surface area contributed by atoms with E-state index < -0.39 is 0 Å². The first-order chi connectivity index (χ1) is 55.0. The molecule has 0 spiro atoms. The fourth-order valence-electron chi connectivity index (χ4n) is 18.6. The lowest BCUT2D eigenvalue weighted by Gasteiger charge is -2.15. The van der Waals surface area contributed by atoms with Gasteiger partial charge in [-0.1, -0.05) is 267 Å². The maximum Gasteiger partial charge on any atom is 0.165 e. The van der Waals surface area contributed by atoms with Gasteiger partial charge in [0.2, 0.25) is 0 Å². The number of hydrogen-bond acceptors (Lipinski definition) is 7. The second-order valence-corrected chi connectivity index (χ2v) is 32.6. The average molecular weight is 1460 g/mol. The maximum atomic E-state index is 5.69. The van der Waals surface area contributed by atoms with Gasteiger partial charge in [-0.05, 0) is 154 Å². The Kier molecular flexibility index (Phi) is 12.9. The van der Waals surface area contributed by atoms with Gasteiger partial charge < -0.3 is 0 Å². The predicted molar refractivity (Wildman–Crippen MR) is 477 cm³/mol. The van der Waals surface area contributed by atoms with Crippen LogP contribution < -0.4 is 0 Å². The lowest BCUT2D eigenvalue weighted by molar-refractivity contribution is 1.08. The van der Waals surface area contributed by atoms with Gasteiger partial charge in [0.05, 0.1) is 33.1 Å². The maximum absolute atomic E-state index is 5.69. The van der Waals surface area contributed by atoms with Gasteiger partial charge in [0.15, 0.2) is 11.6 Å². The number of hydrogen-bond donors (Lipinski definition) is 0. The fraction of sp³-hybridized carbons (Fsp3) is 0. The highest BCUT2D eigenvalue weighted by Crippen LogP contribution is 2.50. The minimum atomic E-state index is 0.827. The molecule has 0 unspecified atom stereocenters. The van der Waals surface area contributed by atoms with Gasteiger partial charge in [-0.3, -0.25) is 9.13 Å². The molecule has 6 nitrogen and oxygen atoms in total. The lowest BCUT2D eigenvalue weighted by Crippen LogP contribution is -2.04. The quantitative estimate of drug-likeness (QED) is 0.165. The molecule has 0 bridgehead atoms. The van der Waals surface area contributed by atoms with Crippen LogP contribution in [0.3, 0.4) is 0 Å². The summed E-state index contributed by atoms with van der Waals surface area (Å²) in [5.74, 6) is 1.67. The first-order valence-electron chi connectivity index (χ1n) is 37.6. The van der Waals surface area contributed by atoms with Gasteiger partial charge in [-0.2, -0.15) is 0 Å². The fourth-order valence-corrected chi connectivity index (χ4v) is 21.9. The van der Waals surface area contributed by atoms with Gasteiger partial charge >= 0.3 is 0 Å². The van der Waals surface area contributed by atoms with E-state index in [4.69, 9.17) is 19.9 Å². The molecule has 0 aliphatic heterocycles. The van der Waals surface area contributed by atoms with E-state index in [1.165, 1.54) is 153 Å². The van der Waals surface area contributed by atoms with Crippen molar-refractivity contribution in [3.63, 3.8) is 0 Å². The summed E-state index contributed by atoms with van der Waals surface area (Å²) in [5, 5.41) is 33.4. The highest BCUT2D eigenvalue weighted by molar-refractivity contribution is 7.26. The van der Waals surface area contributed by atoms with Crippen LogP contribution in [0.1, 0.15) is 0 Å². The summed E-state index contributed by atoms with van der Waals surface area (Å²) in [6, 6.07) is 124. The average Bonchev–Trinajstić information content (AvgIpc) is 1.57. The molecule has 111 heavy (non-hydrogen) atoms. The van der Waals surface area contributed by atoms with Crippen molar-refractivity contribution in [1.82, 2.24) is 29.1 Å². The van der Waals surface area contributed by atoms with E-state index in [2.05, 4.69) is 349 Å². The van der Waals surface area contributed by atoms with Crippen molar-refractivity contribution in [2.75, 3.05) is 0 Å². The minimum absolute atomic E-state index is 0.827. The van der Waals surface area contributed by atoms with Crippen molar-refractivity contribution in [2.45, 2.75) is 0 Å². The molecule has 0 amide bonds. The van der Waals surface area contributed by atoms with Crippen molar-refractivity contribution < 1.29 is 0 Å². The molecular formula is C102H56N6S3. The van der Waals surface area contributed by atoms with Crippen LogP contribution >= 0.6 is 34.0 Å². The third kappa shape index (κ3) is 8.93. The lowest BCUT2D eigenvalue weighted by atomic mass is 9.91. The zero-order valence-electron chi connectivity index (χ0n) is 59.2. The standard InChI is InChI=1S/C52H29N3S.C50H27N3S2/c1-2-13-32-28-45-42(27-31(32)12-1)49-44(26-24-41-37-17-6-5-15-35(37)36-16-7-8-19-40(36)48(41)49)55(45)52-50(54-51-34-14-4-3-11-30(34)22-25-43(51)53-52)33-21-23-39-38-18-9-10-20-46(38)56-47(39)29-33;1-2-12-29-26-41-39(25-28(29)11-1)46-40(24-23-37-33-15-4-3-13-31(33)32-14-5-6-17-36(32)45(37)46)53(41)49-47(52-50-48(51-49)38-18-8-10-20-43(38)55-50)30-21-22-35-34-16-7-9-19-42(34)54-44(35)27-30/h1-29H;1-27H. The molecule has 7 heterocycles. The van der Waals surface area contributed by atoms with Crippen molar-refractivity contribution in [1.29, 1.82) is 0 Å². The summed E-state index contributed by atoms with van der Waals surface area (Å²) in [4.78, 5) is 23.5. The van der Waals surface area contributed by atoms with Gasteiger partial charge in [0.25, 0.3) is 0 Å². The van der Waals surface area contributed by atoms with Gasteiger partial charge in [-0.25, -0.2) is 19.9 Å². The third-order valence-corrected chi connectivity index (χ3v) is 26.8. The SMILES string of the molecule is c1ccc2cc3c(cc2c1)c1c2c4ccccc4c4ccccc4c2ccc1n3-c1nc2c(nc1-c1ccc3c(c1)sc1ccccc13)sc1ccccc12.c1ccc2cc3c(cc2c1)c1c2c4ccccc4c4ccccc4c2ccc1n3-c1nc2ccc3ccccc3c2nc1-c1ccc2c(c1)sc1ccccc12. The van der Waals surface area contributed by atoms with Crippen LogP contribution in [0, 0.1) is 0 Å². The molecule has 0 saturated carbocycles. The smallest absolute Gasteiger partial charge is 0.165 e. The summed E-state index contributed by atoms with van der Waals surface area (Å²) >= 11 is 5.39. The van der Waals surface area contributed by atoms with Crippen LogP contribution in [0.25, 0.3) is 247 Å². The van der Waals surface area contributed by atoms with E-state index in [1.54, 1.807) is 11.3 Å². The minimum Gasteiger partial charge on any atom is -0.292 e. The Morgan fingerprint density at radius 2 is 0.559 bits per heavy atom. The Bertz CT molecular complexity index is 8560. The van der Waals surface area contributed by atoms with Crippen LogP contribution in [0.15, 0.2) is 340 Å². The highest BCUT2D eigenvalue weighted by Gasteiger charge is 2.28. The van der Waals surface area contributed by atoms with E-state index in [1.807, 2.05) is 22.7 Å². The first-order valence-corrected chi connectivity index (χ1v) is 40.1. The molecule has 19 aromatic carbocycles. The van der Waals surface area contributed by atoms with Crippen molar-refractivity contribution in [3.8, 4) is 34.2 Å². The predicted octanol–water partition coefficient (Wildman–Crippen LogP) is 29.1. The van der Waals surface area contributed by atoms with Crippen molar-refractivity contribution in [3.05, 3.63) is 340 Å². The molecule has 7 aromatic heterocycles. The van der Waals surface area contributed by atoms with E-state index in [0.29, 0.717) is 0 Å². The topological polar surface area (TPSA) is 61.4 Å². The molecule has 26 rings (SSSR count). The second-order valence-electron chi connectivity index (χ2n) is 29.4. The molecule has 512 valence electrons. The largest absolute Gasteiger partial charge is 0.292 e. The molecule has 0 aliphatic rings. The van der Waals surface area contributed by atoms with E-state index in [-0.39, 0.29) is 0 Å². The number of rotatable bonds is 4. The van der Waals surface area contributed by atoms with E-state index in [9.17, 15) is 0 Å². The normalized spacial score (nSPS) is 12.3. The molecule has 0 atom stereocenters. The molecule has 0 aliphatic carbocycles. The summed E-state index contributed by atoms with van der Waals surface area (Å²) in [5.41, 5.74) is 11.1. The van der Waals surface area contributed by atoms with Gasteiger partial charge in [0, 0.05) is 99.3 Å². The molecular weight excluding hydrogens is 1410 g/mol. The van der Waals surface area contributed by atoms with Crippen molar-refractivity contribution in [2.24, 2.45) is 0 Å². The number of fused-ring (bicyclic) bond motifs is 34. The first kappa shape index (κ1) is 61.2. The van der Waals surface area contributed by atoms with Crippen LogP contribution in [-0.2, 0) is 0 Å². The van der Waals surface area contributed by atoms with Crippen LogP contribution in [0.2, 0.25) is 0 Å². The second kappa shape index (κ2) is 23.4. The van der Waals surface area contributed by atoms with E-state index in [0.717, 1.165) is 93.8 Å². The van der Waals surface area contributed by atoms with E-state index >= 15 is 0 Å². The third-order valence-electron chi connectivity index (χ3n) is 23.5. The highest BCUT2D eigenvalue weighted by atomic mass is 32.1. The van der Waals surface area contributed by atoms with Crippen LogP contribution in [-0.4, -0.2) is 29.1 Å². The molecule has 26 aromatic rings. The van der Waals surface area contributed by atoms with Crippen LogP contribution in [0.5, 0.6) is 0 Å².